The summed E-state index contributed by atoms with van der Waals surface area (Å²) in [6.07, 6.45) is -5.56. The summed E-state index contributed by atoms with van der Waals surface area (Å²) < 4.78 is 39.1. The first-order chi connectivity index (χ1) is 10.1. The molecule has 3 N–H and O–H groups in total. The number of nitrogens with one attached hydrogen (secondary N) is 2. The number of aliphatic hydroxyl groups is 1. The number of alkyl halides is 3. The average molecular weight is 355 g/mol. The maximum atomic E-state index is 13.0. The number of halogens is 4. The molecule has 1 heterocycles. The van der Waals surface area contributed by atoms with Crippen LogP contribution >= 0.6 is 23.4 Å². The predicted octanol–water partition coefficient (Wildman–Crippen LogP) is 2.36. The first-order valence-electron chi connectivity index (χ1n) is 5.98. The van der Waals surface area contributed by atoms with E-state index in [0.717, 1.165) is 11.8 Å². The molecule has 0 radical (unpaired) electrons. The Morgan fingerprint density at radius 1 is 1.36 bits per heavy atom. The zero-order chi connectivity index (χ0) is 16.7. The minimum Gasteiger partial charge on any atom is -0.393 e. The van der Waals surface area contributed by atoms with Crippen LogP contribution in [0.4, 0.5) is 13.2 Å². The largest absolute Gasteiger partial charge is 0.417 e. The smallest absolute Gasteiger partial charge is 0.393 e. The zero-order valence-corrected chi connectivity index (χ0v) is 12.6. The van der Waals surface area contributed by atoms with E-state index in [0.29, 0.717) is 6.07 Å². The van der Waals surface area contributed by atoms with E-state index in [1.165, 1.54) is 6.92 Å². The highest BCUT2D eigenvalue weighted by Crippen LogP contribution is 2.42. The summed E-state index contributed by atoms with van der Waals surface area (Å²) in [5, 5.41) is 8.34. The second kappa shape index (κ2) is 5.98. The molecule has 1 atom stereocenters. The van der Waals surface area contributed by atoms with E-state index in [-0.39, 0.29) is 21.6 Å². The van der Waals surface area contributed by atoms with E-state index < -0.39 is 34.1 Å². The van der Waals surface area contributed by atoms with Gasteiger partial charge in [-0.25, -0.2) is 4.79 Å². The van der Waals surface area contributed by atoms with E-state index >= 15 is 0 Å². The summed E-state index contributed by atoms with van der Waals surface area (Å²) in [6.45, 7) is 1.45. The maximum Gasteiger partial charge on any atom is 0.417 e. The number of benzene rings is 1. The summed E-state index contributed by atoms with van der Waals surface area (Å²) in [6, 6.07) is 0.596. The highest BCUT2D eigenvalue weighted by atomic mass is 35.5. The van der Waals surface area contributed by atoms with Crippen LogP contribution in [0.5, 0.6) is 0 Å². The Kier molecular flexibility index (Phi) is 4.59. The summed E-state index contributed by atoms with van der Waals surface area (Å²) in [5.74, 6) is 0.0466. The third-order valence-electron chi connectivity index (χ3n) is 2.71. The van der Waals surface area contributed by atoms with Gasteiger partial charge in [-0.1, -0.05) is 11.6 Å². The van der Waals surface area contributed by atoms with E-state index in [9.17, 15) is 27.9 Å². The fourth-order valence-electron chi connectivity index (χ4n) is 1.80. The van der Waals surface area contributed by atoms with Crippen LogP contribution in [0.15, 0.2) is 20.6 Å². The number of fused-ring (bicyclic) bond motifs is 1. The molecule has 0 aliphatic rings. The number of thioether (sulfide) groups is 1. The standard InChI is InChI=1S/C12H10ClF3N2O3S/c1-4(19)3-22-9-7(13)6(12(14,15)16)2-5-8(9)17-11(21)18-10(5)20/h2,4,19H,3H2,1H3,(H2,17,18,20,21)/t4-/m1/s1. The Hall–Kier alpha value is -1.45. The molecule has 0 bridgehead atoms. The second-order valence-corrected chi connectivity index (χ2v) is 5.96. The van der Waals surface area contributed by atoms with Crippen molar-refractivity contribution in [3.05, 3.63) is 37.5 Å². The summed E-state index contributed by atoms with van der Waals surface area (Å²) in [4.78, 5) is 27.1. The lowest BCUT2D eigenvalue weighted by molar-refractivity contribution is -0.137. The predicted molar refractivity (Wildman–Crippen MR) is 77.6 cm³/mol. The fraction of sp³-hybridized carbons (Fsp3) is 0.333. The summed E-state index contributed by atoms with van der Waals surface area (Å²) >= 11 is 6.63. The van der Waals surface area contributed by atoms with Crippen LogP contribution in [-0.2, 0) is 6.18 Å². The van der Waals surface area contributed by atoms with E-state index in [2.05, 4.69) is 4.98 Å². The zero-order valence-electron chi connectivity index (χ0n) is 11.0. The van der Waals surface area contributed by atoms with Gasteiger partial charge < -0.3 is 10.1 Å². The van der Waals surface area contributed by atoms with Crippen molar-refractivity contribution in [3.8, 4) is 0 Å². The van der Waals surface area contributed by atoms with E-state index in [4.69, 9.17) is 11.6 Å². The van der Waals surface area contributed by atoms with Crippen LogP contribution in [-0.4, -0.2) is 26.9 Å². The monoisotopic (exact) mass is 354 g/mol. The average Bonchev–Trinajstić information content (AvgIpc) is 2.35. The summed E-state index contributed by atoms with van der Waals surface area (Å²) in [5.41, 5.74) is -3.06. The van der Waals surface area contributed by atoms with E-state index in [1.807, 2.05) is 4.98 Å². The van der Waals surface area contributed by atoms with Gasteiger partial charge in [-0.15, -0.1) is 11.8 Å². The van der Waals surface area contributed by atoms with Crippen molar-refractivity contribution in [2.75, 3.05) is 5.75 Å². The third-order valence-corrected chi connectivity index (χ3v) is 4.56. The highest BCUT2D eigenvalue weighted by Gasteiger charge is 2.35. The molecule has 10 heteroatoms. The van der Waals surface area contributed by atoms with Crippen molar-refractivity contribution in [3.63, 3.8) is 0 Å². The van der Waals surface area contributed by atoms with Crippen LogP contribution in [0, 0.1) is 0 Å². The molecule has 0 fully saturated rings. The number of aliphatic hydroxyl groups excluding tert-OH is 1. The molecule has 0 amide bonds. The van der Waals surface area contributed by atoms with Crippen molar-refractivity contribution in [2.45, 2.75) is 24.1 Å². The normalized spacial score (nSPS) is 13.5. The Morgan fingerprint density at radius 3 is 2.55 bits per heavy atom. The van der Waals surface area contributed by atoms with E-state index in [1.54, 1.807) is 0 Å². The third kappa shape index (κ3) is 3.31. The molecule has 0 saturated carbocycles. The van der Waals surface area contributed by atoms with Crippen LogP contribution < -0.4 is 11.2 Å². The molecular formula is C12H10ClF3N2O3S. The van der Waals surface area contributed by atoms with Gasteiger partial charge in [0.2, 0.25) is 0 Å². The number of rotatable bonds is 3. The van der Waals surface area contributed by atoms with Crippen LogP contribution in [0.3, 0.4) is 0 Å². The lowest BCUT2D eigenvalue weighted by Gasteiger charge is -2.15. The Morgan fingerprint density at radius 2 is 2.00 bits per heavy atom. The van der Waals surface area contributed by atoms with Crippen LogP contribution in [0.1, 0.15) is 12.5 Å². The molecule has 0 aliphatic carbocycles. The molecule has 5 nitrogen and oxygen atoms in total. The SMILES string of the molecule is C[C@@H](O)CSc1c(Cl)c(C(F)(F)F)cc2c(=O)[nH]c(=O)[nH]c12. The fourth-order valence-corrected chi connectivity index (χ4v) is 3.17. The van der Waals surface area contributed by atoms with Gasteiger partial charge in [-0.3, -0.25) is 9.78 Å². The van der Waals surface area contributed by atoms with Crippen molar-refractivity contribution in [1.82, 2.24) is 9.97 Å². The molecule has 1 aromatic heterocycles. The van der Waals surface area contributed by atoms with Crippen LogP contribution in [0.25, 0.3) is 10.9 Å². The van der Waals surface area contributed by atoms with Crippen molar-refractivity contribution < 1.29 is 18.3 Å². The number of hydrogen-bond donors (Lipinski definition) is 3. The van der Waals surface area contributed by atoms with Gasteiger partial charge in [-0.05, 0) is 13.0 Å². The van der Waals surface area contributed by atoms with Crippen molar-refractivity contribution in [1.29, 1.82) is 0 Å². The molecule has 2 rings (SSSR count). The second-order valence-electron chi connectivity index (χ2n) is 4.56. The topological polar surface area (TPSA) is 85.9 Å². The van der Waals surface area contributed by atoms with Gasteiger partial charge in [0.05, 0.1) is 32.5 Å². The first-order valence-corrected chi connectivity index (χ1v) is 7.34. The minimum absolute atomic E-state index is 0.0466. The molecule has 0 unspecified atom stereocenters. The molecule has 120 valence electrons. The Bertz CT molecular complexity index is 829. The minimum atomic E-state index is -4.76. The lowest BCUT2D eigenvalue weighted by Crippen LogP contribution is -2.23. The maximum absolute atomic E-state index is 13.0. The lowest BCUT2D eigenvalue weighted by atomic mass is 10.1. The Balaban J connectivity index is 2.84. The molecular weight excluding hydrogens is 345 g/mol. The quantitative estimate of drug-likeness (QED) is 0.739. The van der Waals surface area contributed by atoms with Gasteiger partial charge in [0.15, 0.2) is 0 Å². The molecule has 22 heavy (non-hydrogen) atoms. The summed E-state index contributed by atoms with van der Waals surface area (Å²) in [7, 11) is 0. The highest BCUT2D eigenvalue weighted by molar-refractivity contribution is 7.99. The van der Waals surface area contributed by atoms with Crippen LogP contribution in [0.2, 0.25) is 5.02 Å². The van der Waals surface area contributed by atoms with Gasteiger partial charge in [0.1, 0.15) is 0 Å². The number of hydrogen-bond acceptors (Lipinski definition) is 4. The first kappa shape index (κ1) is 16.9. The molecule has 2 aromatic rings. The van der Waals surface area contributed by atoms with Crippen molar-refractivity contribution >= 4 is 34.3 Å². The van der Waals surface area contributed by atoms with Gasteiger partial charge in [-0.2, -0.15) is 13.2 Å². The molecule has 0 spiro atoms. The van der Waals surface area contributed by atoms with Gasteiger partial charge >= 0.3 is 11.9 Å². The van der Waals surface area contributed by atoms with Gasteiger partial charge in [0, 0.05) is 5.75 Å². The Labute approximate surface area is 130 Å². The number of aromatic amines is 2. The molecule has 0 aliphatic heterocycles. The molecule has 1 aromatic carbocycles. The number of aromatic nitrogens is 2. The van der Waals surface area contributed by atoms with Gasteiger partial charge in [0.25, 0.3) is 5.56 Å². The molecule has 0 saturated heterocycles. The number of H-pyrrole nitrogens is 2. The van der Waals surface area contributed by atoms with Crippen molar-refractivity contribution in [2.24, 2.45) is 0 Å².